The van der Waals surface area contributed by atoms with Crippen LogP contribution < -0.4 is 21.0 Å². The largest absolute Gasteiger partial charge is 0.480 e. The first-order chi connectivity index (χ1) is 14.5. The van der Waals surface area contributed by atoms with Crippen LogP contribution in [0.1, 0.15) is 12.8 Å². The quantitative estimate of drug-likeness (QED) is 0.0845. The molecular weight excluding hydrogens is 547 g/mol. The van der Waals surface area contributed by atoms with Gasteiger partial charge >= 0.3 is 18.0 Å². The average molecular weight is 568 g/mol. The van der Waals surface area contributed by atoms with E-state index in [1.54, 1.807) is 12.1 Å². The highest BCUT2D eigenvalue weighted by Gasteiger charge is 2.25. The Morgan fingerprint density at radius 2 is 1.65 bits per heavy atom. The number of carboxylic acid groups (broad SMARTS) is 2. The van der Waals surface area contributed by atoms with Gasteiger partial charge in [-0.25, -0.2) is 9.59 Å². The van der Waals surface area contributed by atoms with E-state index < -0.39 is 48.4 Å². The van der Waals surface area contributed by atoms with Crippen molar-refractivity contribution in [3.8, 4) is 0 Å². The van der Waals surface area contributed by atoms with Crippen LogP contribution in [0, 0.1) is 3.57 Å². The fourth-order valence-electron chi connectivity index (χ4n) is 2.19. The molecule has 0 fully saturated rings. The normalized spacial score (nSPS) is 12.2. The summed E-state index contributed by atoms with van der Waals surface area (Å²) in [6, 6.07) is 2.46. The van der Waals surface area contributed by atoms with Crippen molar-refractivity contribution in [3.63, 3.8) is 0 Å². The van der Waals surface area contributed by atoms with Crippen LogP contribution in [0.5, 0.6) is 0 Å². The monoisotopic (exact) mass is 568 g/mol. The molecule has 0 saturated heterocycles. The number of hydroxylamine groups is 1. The smallest absolute Gasteiger partial charge is 0.346 e. The van der Waals surface area contributed by atoms with E-state index in [4.69, 9.17) is 5.11 Å². The van der Waals surface area contributed by atoms with Crippen molar-refractivity contribution in [1.82, 2.24) is 16.0 Å². The third kappa shape index (κ3) is 9.39. The van der Waals surface area contributed by atoms with Crippen molar-refractivity contribution in [2.45, 2.75) is 24.9 Å². The lowest BCUT2D eigenvalue weighted by Crippen LogP contribution is -2.50. The van der Waals surface area contributed by atoms with E-state index in [1.807, 2.05) is 22.6 Å². The van der Waals surface area contributed by atoms with E-state index >= 15 is 0 Å². The second-order valence-electron chi connectivity index (χ2n) is 6.08. The summed E-state index contributed by atoms with van der Waals surface area (Å²) >= 11 is 5.95. The Kier molecular flexibility index (Phi) is 11.1. The number of carbonyl (C=O) groups excluding carboxylic acids is 3. The molecule has 14 heteroatoms. The number of nitrogens with one attached hydrogen (secondary N) is 3. The third-order valence-electron chi connectivity index (χ3n) is 3.77. The zero-order chi connectivity index (χ0) is 23.6. The first-order valence-electron chi connectivity index (χ1n) is 8.72. The van der Waals surface area contributed by atoms with Crippen LogP contribution in [0.25, 0.3) is 0 Å². The molecular formula is C17H21IN4O8S. The number of halogens is 1. The predicted molar refractivity (Wildman–Crippen MR) is 119 cm³/mol. The highest BCUT2D eigenvalue weighted by molar-refractivity contribution is 14.1. The molecule has 31 heavy (non-hydrogen) atoms. The maximum Gasteiger partial charge on any atom is 0.346 e. The van der Waals surface area contributed by atoms with Gasteiger partial charge in [0.25, 0.3) is 0 Å². The molecule has 0 heterocycles. The molecule has 4 amide bonds. The summed E-state index contributed by atoms with van der Waals surface area (Å²) in [5.74, 6) is -4.28. The zero-order valence-electron chi connectivity index (χ0n) is 15.9. The highest BCUT2D eigenvalue weighted by atomic mass is 127. The Bertz CT molecular complexity index is 823. The summed E-state index contributed by atoms with van der Waals surface area (Å²) in [6.45, 7) is -0.635. The molecule has 2 atom stereocenters. The first-order valence-corrected chi connectivity index (χ1v) is 10.4. The zero-order valence-corrected chi connectivity index (χ0v) is 19.0. The summed E-state index contributed by atoms with van der Waals surface area (Å²) in [5, 5.41) is 34.5. The summed E-state index contributed by atoms with van der Waals surface area (Å²) in [6.07, 6.45) is -0.702. The molecule has 0 aliphatic rings. The highest BCUT2D eigenvalue weighted by Crippen LogP contribution is 2.15. The number of amides is 4. The Labute approximate surface area is 195 Å². The Balaban J connectivity index is 2.62. The van der Waals surface area contributed by atoms with Crippen LogP contribution in [-0.2, 0) is 19.2 Å². The van der Waals surface area contributed by atoms with Gasteiger partial charge in [-0.3, -0.25) is 19.6 Å². The molecule has 170 valence electrons. The number of hydrogen-bond acceptors (Lipinski definition) is 7. The molecule has 0 aliphatic heterocycles. The maximum absolute atomic E-state index is 12.1. The predicted octanol–water partition coefficient (Wildman–Crippen LogP) is 0.0452. The Morgan fingerprint density at radius 1 is 1.03 bits per heavy atom. The molecule has 0 unspecified atom stereocenters. The number of benzene rings is 1. The summed E-state index contributed by atoms with van der Waals surface area (Å²) < 4.78 is 0.862. The minimum Gasteiger partial charge on any atom is -0.480 e. The third-order valence-corrected chi connectivity index (χ3v) is 4.85. The summed E-state index contributed by atoms with van der Waals surface area (Å²) in [4.78, 5) is 57.9. The van der Waals surface area contributed by atoms with Crippen LogP contribution in [-0.4, -0.2) is 69.6 Å². The van der Waals surface area contributed by atoms with Gasteiger partial charge in [-0.15, -0.1) is 0 Å². The standard InChI is InChI=1S/C17H21IN4O8S/c18-9-1-3-10(4-2-9)22(30)17(29)21-11(16(27)28)5-6-13(23)20-12(8-31)15(26)19-7-14(24)25/h1-4,11-12,30-31H,5-8H2,(H,19,26)(H,20,23)(H,21,29)(H,24,25)(H,27,28)/t11-,12-/m0/s1. The van der Waals surface area contributed by atoms with Crippen molar-refractivity contribution in [1.29, 1.82) is 0 Å². The van der Waals surface area contributed by atoms with Gasteiger partial charge in [-0.2, -0.15) is 17.7 Å². The molecule has 0 aliphatic carbocycles. The number of urea groups is 1. The summed E-state index contributed by atoms with van der Waals surface area (Å²) in [7, 11) is 0. The van der Waals surface area contributed by atoms with Crippen LogP contribution in [0.4, 0.5) is 10.5 Å². The SMILES string of the molecule is O=C(O)CNC(=O)[C@H](CS)NC(=O)CC[C@H](NC(=O)N(O)c1ccc(I)cc1)C(=O)O. The molecule has 1 rings (SSSR count). The van der Waals surface area contributed by atoms with Gasteiger partial charge in [0.1, 0.15) is 18.6 Å². The van der Waals surface area contributed by atoms with Gasteiger partial charge in [-0.1, -0.05) is 0 Å². The van der Waals surface area contributed by atoms with Crippen molar-refractivity contribution >= 4 is 70.7 Å². The van der Waals surface area contributed by atoms with Gasteiger partial charge in [-0.05, 0) is 53.3 Å². The molecule has 0 bridgehead atoms. The minimum absolute atomic E-state index is 0.115. The van der Waals surface area contributed by atoms with Crippen molar-refractivity contribution < 1.29 is 39.4 Å². The van der Waals surface area contributed by atoms with E-state index in [0.717, 1.165) is 3.57 Å². The van der Waals surface area contributed by atoms with Gasteiger partial charge in [0, 0.05) is 15.7 Å². The van der Waals surface area contributed by atoms with E-state index in [9.17, 15) is 34.3 Å². The van der Waals surface area contributed by atoms with E-state index in [1.165, 1.54) is 12.1 Å². The van der Waals surface area contributed by atoms with E-state index in [-0.39, 0.29) is 29.3 Å². The second-order valence-corrected chi connectivity index (χ2v) is 7.69. The number of nitrogens with zero attached hydrogens (tertiary/aromatic N) is 1. The van der Waals surface area contributed by atoms with Gasteiger partial charge in [0.05, 0.1) is 5.69 Å². The van der Waals surface area contributed by atoms with Crippen LogP contribution in [0.3, 0.4) is 0 Å². The second kappa shape index (κ2) is 13.0. The van der Waals surface area contributed by atoms with Crippen molar-refractivity contribution in [2.75, 3.05) is 17.4 Å². The lowest BCUT2D eigenvalue weighted by Gasteiger charge is -2.20. The number of anilines is 1. The van der Waals surface area contributed by atoms with Gasteiger partial charge in [0.15, 0.2) is 0 Å². The van der Waals surface area contributed by atoms with Crippen LogP contribution in [0.15, 0.2) is 24.3 Å². The van der Waals surface area contributed by atoms with Crippen LogP contribution >= 0.6 is 35.2 Å². The van der Waals surface area contributed by atoms with E-state index in [2.05, 4.69) is 28.6 Å². The van der Waals surface area contributed by atoms with Gasteiger partial charge in [0.2, 0.25) is 11.8 Å². The number of rotatable bonds is 11. The fraction of sp³-hybridized carbons (Fsp3) is 0.353. The van der Waals surface area contributed by atoms with Gasteiger partial charge < -0.3 is 26.2 Å². The molecule has 1 aromatic rings. The van der Waals surface area contributed by atoms with Crippen molar-refractivity contribution in [3.05, 3.63) is 27.8 Å². The fourth-order valence-corrected chi connectivity index (χ4v) is 2.81. The molecule has 0 radical (unpaired) electrons. The average Bonchev–Trinajstić information content (AvgIpc) is 2.72. The number of carboxylic acids is 2. The van der Waals surface area contributed by atoms with Crippen LogP contribution in [0.2, 0.25) is 0 Å². The number of hydrogen-bond donors (Lipinski definition) is 7. The Hall–Kier alpha value is -2.59. The number of thiol groups is 1. The van der Waals surface area contributed by atoms with E-state index in [0.29, 0.717) is 0 Å². The number of carbonyl (C=O) groups is 5. The molecule has 6 N–H and O–H groups in total. The lowest BCUT2D eigenvalue weighted by atomic mass is 10.1. The molecule has 0 spiro atoms. The molecule has 12 nitrogen and oxygen atoms in total. The number of aliphatic carboxylic acids is 2. The topological polar surface area (TPSA) is 185 Å². The molecule has 0 aromatic heterocycles. The lowest BCUT2D eigenvalue weighted by molar-refractivity contribution is -0.139. The summed E-state index contributed by atoms with van der Waals surface area (Å²) in [5.41, 5.74) is 0.115. The maximum atomic E-state index is 12.1. The van der Waals surface area contributed by atoms with Crippen molar-refractivity contribution in [2.24, 2.45) is 0 Å². The first kappa shape index (κ1) is 26.4. The Morgan fingerprint density at radius 3 is 2.16 bits per heavy atom. The minimum atomic E-state index is -1.49. The molecule has 1 aromatic carbocycles. The molecule has 0 saturated carbocycles.